The molecule has 0 bridgehead atoms. The van der Waals surface area contributed by atoms with Crippen molar-refractivity contribution in [2.45, 2.75) is 25.7 Å². The first-order valence-corrected chi connectivity index (χ1v) is 12.9. The van der Waals surface area contributed by atoms with E-state index in [2.05, 4.69) is 5.10 Å². The topological polar surface area (TPSA) is 86.7 Å². The molecule has 0 amide bonds. The van der Waals surface area contributed by atoms with E-state index in [1.54, 1.807) is 47.2 Å². The lowest BCUT2D eigenvalue weighted by atomic mass is 9.88. The molecule has 40 heavy (non-hydrogen) atoms. The van der Waals surface area contributed by atoms with Crippen LogP contribution < -0.4 is 10.5 Å². The van der Waals surface area contributed by atoms with Gasteiger partial charge in [-0.2, -0.15) is 5.10 Å². The van der Waals surface area contributed by atoms with Crippen LogP contribution in [0.5, 0.6) is 11.5 Å². The fourth-order valence-corrected chi connectivity index (χ4v) is 5.04. The van der Waals surface area contributed by atoms with Gasteiger partial charge in [0.2, 0.25) is 0 Å². The smallest absolute Gasteiger partial charge is 0.166 e. The third-order valence-corrected chi connectivity index (χ3v) is 7.39. The summed E-state index contributed by atoms with van der Waals surface area (Å²) in [5.41, 5.74) is 9.01. The van der Waals surface area contributed by atoms with Crippen molar-refractivity contribution in [2.75, 3.05) is 5.73 Å². The lowest BCUT2D eigenvalue weighted by Gasteiger charge is -2.14. The second-order valence-electron chi connectivity index (χ2n) is 10.1. The number of nitrogens with two attached hydrogens (primary N) is 1. The number of halogens is 2. The number of hydrogen-bond donors (Lipinski definition) is 1. The Balaban J connectivity index is 1.20. The number of fused-ring (bicyclic) bond motifs is 1. The number of aromatic nitrogens is 2. The van der Waals surface area contributed by atoms with E-state index >= 15 is 4.39 Å². The van der Waals surface area contributed by atoms with Crippen LogP contribution in [0.3, 0.4) is 0 Å². The maximum absolute atomic E-state index is 15.2. The summed E-state index contributed by atoms with van der Waals surface area (Å²) in [5, 5.41) is 4.32. The number of anilines is 1. The summed E-state index contributed by atoms with van der Waals surface area (Å²) >= 11 is 0. The van der Waals surface area contributed by atoms with Gasteiger partial charge >= 0.3 is 0 Å². The summed E-state index contributed by atoms with van der Waals surface area (Å²) in [7, 11) is 0. The first kappa shape index (κ1) is 25.4. The van der Waals surface area contributed by atoms with Crippen LogP contribution in [0.1, 0.15) is 24.0 Å². The number of carbonyl (C=O) groups is 2. The molecule has 2 N–H and O–H groups in total. The SMILES string of the molecule is Nc1cccc(-c2ccn3nccc(Oc4ccc(CC(=O)C5(C(=O)Cc6ccc(F)cc6)CC5)cc4F)c23)c1. The van der Waals surface area contributed by atoms with Crippen molar-refractivity contribution in [3.63, 3.8) is 0 Å². The number of nitrogen functional groups attached to an aromatic ring is 1. The fraction of sp³-hybridized carbons (Fsp3) is 0.156. The Morgan fingerprint density at radius 3 is 2.30 bits per heavy atom. The van der Waals surface area contributed by atoms with Crippen LogP contribution in [0, 0.1) is 17.0 Å². The molecule has 0 spiro atoms. The number of rotatable bonds is 9. The summed E-state index contributed by atoms with van der Waals surface area (Å²) in [6.45, 7) is 0. The Kier molecular flexibility index (Phi) is 6.38. The summed E-state index contributed by atoms with van der Waals surface area (Å²) in [4.78, 5) is 26.1. The van der Waals surface area contributed by atoms with E-state index < -0.39 is 11.2 Å². The van der Waals surface area contributed by atoms with Gasteiger partial charge in [-0.25, -0.2) is 13.3 Å². The zero-order valence-corrected chi connectivity index (χ0v) is 21.4. The van der Waals surface area contributed by atoms with Gasteiger partial charge in [0.15, 0.2) is 28.9 Å². The molecule has 1 aliphatic rings. The van der Waals surface area contributed by atoms with Gasteiger partial charge in [0, 0.05) is 36.4 Å². The van der Waals surface area contributed by atoms with Crippen molar-refractivity contribution in [2.24, 2.45) is 5.41 Å². The van der Waals surface area contributed by atoms with Crippen molar-refractivity contribution in [3.8, 4) is 22.6 Å². The van der Waals surface area contributed by atoms with Crippen molar-refractivity contribution in [1.29, 1.82) is 0 Å². The molecule has 8 heteroatoms. The highest BCUT2D eigenvalue weighted by atomic mass is 19.1. The number of ketones is 2. The minimum Gasteiger partial charge on any atom is -0.452 e. The lowest BCUT2D eigenvalue weighted by molar-refractivity contribution is -0.133. The predicted molar refractivity (Wildman–Crippen MR) is 147 cm³/mol. The summed E-state index contributed by atoms with van der Waals surface area (Å²) in [5.74, 6) is -1.02. The fourth-order valence-electron chi connectivity index (χ4n) is 5.04. The van der Waals surface area contributed by atoms with Gasteiger partial charge in [-0.05, 0) is 72.0 Å². The summed E-state index contributed by atoms with van der Waals surface area (Å²) in [6.07, 6.45) is 4.29. The molecule has 6 rings (SSSR count). The Morgan fingerprint density at radius 2 is 1.60 bits per heavy atom. The normalized spacial score (nSPS) is 13.8. The average Bonchev–Trinajstić information content (AvgIpc) is 3.65. The Labute approximate surface area is 229 Å². The van der Waals surface area contributed by atoms with Crippen LogP contribution in [0.2, 0.25) is 0 Å². The quantitative estimate of drug-likeness (QED) is 0.175. The van der Waals surface area contributed by atoms with Gasteiger partial charge in [0.1, 0.15) is 11.3 Å². The largest absolute Gasteiger partial charge is 0.452 e. The number of Topliss-reactive ketones (excluding diaryl/α,β-unsaturated/α-hetero) is 2. The molecule has 0 radical (unpaired) electrons. The number of ether oxygens (including phenoxy) is 1. The van der Waals surface area contributed by atoms with Crippen molar-refractivity contribution in [3.05, 3.63) is 114 Å². The van der Waals surface area contributed by atoms with Crippen LogP contribution in [-0.2, 0) is 22.4 Å². The second-order valence-corrected chi connectivity index (χ2v) is 10.1. The molecule has 3 aromatic carbocycles. The zero-order chi connectivity index (χ0) is 27.9. The molecule has 5 aromatic rings. The summed E-state index contributed by atoms with van der Waals surface area (Å²) in [6, 6.07) is 21.0. The van der Waals surface area contributed by atoms with Crippen molar-refractivity contribution >= 4 is 22.8 Å². The third kappa shape index (κ3) is 4.84. The lowest BCUT2D eigenvalue weighted by Crippen LogP contribution is -2.28. The Hall–Kier alpha value is -4.85. The first-order chi connectivity index (χ1) is 19.3. The van der Waals surface area contributed by atoms with E-state index in [4.69, 9.17) is 10.5 Å². The van der Waals surface area contributed by atoms with Crippen LogP contribution in [0.4, 0.5) is 14.5 Å². The standard InChI is InChI=1S/C32H25F2N3O3/c33-23-7-4-20(5-8-23)17-29(38)32(12-13-32)30(39)18-21-6-9-27(26(34)16-21)40-28-10-14-36-37-15-11-25(31(28)37)22-2-1-3-24(35)19-22/h1-11,14-16,19H,12-13,17-18,35H2. The Bertz CT molecular complexity index is 1760. The molecule has 0 saturated heterocycles. The van der Waals surface area contributed by atoms with E-state index in [1.807, 2.05) is 24.3 Å². The van der Waals surface area contributed by atoms with Crippen LogP contribution in [0.15, 0.2) is 91.3 Å². The highest BCUT2D eigenvalue weighted by molar-refractivity contribution is 6.11. The molecule has 1 aliphatic carbocycles. The molecule has 2 aromatic heterocycles. The summed E-state index contributed by atoms with van der Waals surface area (Å²) < 4.78 is 36.0. The van der Waals surface area contributed by atoms with E-state index in [9.17, 15) is 14.0 Å². The van der Waals surface area contributed by atoms with Gasteiger partial charge < -0.3 is 10.5 Å². The highest BCUT2D eigenvalue weighted by Crippen LogP contribution is 2.49. The molecular weight excluding hydrogens is 512 g/mol. The van der Waals surface area contributed by atoms with Crippen LogP contribution >= 0.6 is 0 Å². The third-order valence-electron chi connectivity index (χ3n) is 7.39. The zero-order valence-electron chi connectivity index (χ0n) is 21.4. The monoisotopic (exact) mass is 537 g/mol. The van der Waals surface area contributed by atoms with Crippen LogP contribution in [-0.4, -0.2) is 21.2 Å². The van der Waals surface area contributed by atoms with Crippen LogP contribution in [0.25, 0.3) is 16.6 Å². The molecular formula is C32H25F2N3O3. The maximum atomic E-state index is 15.2. The first-order valence-electron chi connectivity index (χ1n) is 12.9. The van der Waals surface area contributed by atoms with Crippen molar-refractivity contribution < 1.29 is 23.1 Å². The van der Waals surface area contributed by atoms with Gasteiger partial charge in [-0.1, -0.05) is 30.3 Å². The molecule has 0 atom stereocenters. The minimum absolute atomic E-state index is 0.00227. The minimum atomic E-state index is -1.05. The van der Waals surface area contributed by atoms with Gasteiger partial charge in [0.05, 0.1) is 11.6 Å². The van der Waals surface area contributed by atoms with Gasteiger partial charge in [-0.3, -0.25) is 9.59 Å². The molecule has 1 fully saturated rings. The van der Waals surface area contributed by atoms with Crippen molar-refractivity contribution in [1.82, 2.24) is 9.61 Å². The van der Waals surface area contributed by atoms with E-state index in [0.29, 0.717) is 40.9 Å². The molecule has 0 aliphatic heterocycles. The van der Waals surface area contributed by atoms with E-state index in [1.165, 1.54) is 24.3 Å². The van der Waals surface area contributed by atoms with Gasteiger partial charge in [0.25, 0.3) is 0 Å². The molecule has 1 saturated carbocycles. The molecule has 6 nitrogen and oxygen atoms in total. The highest BCUT2D eigenvalue weighted by Gasteiger charge is 2.54. The number of carbonyl (C=O) groups excluding carboxylic acids is 2. The molecule has 0 unspecified atom stereocenters. The predicted octanol–water partition coefficient (Wildman–Crippen LogP) is 6.36. The van der Waals surface area contributed by atoms with E-state index in [0.717, 1.165) is 11.1 Å². The molecule has 200 valence electrons. The number of nitrogens with zero attached hydrogens (tertiary/aromatic N) is 2. The van der Waals surface area contributed by atoms with Gasteiger partial charge in [-0.15, -0.1) is 0 Å². The second kappa shape index (κ2) is 10.0. The Morgan fingerprint density at radius 1 is 0.875 bits per heavy atom. The van der Waals surface area contributed by atoms with E-state index in [-0.39, 0.29) is 36.0 Å². The number of benzene rings is 3. The molecule has 2 heterocycles. The number of hydrogen-bond acceptors (Lipinski definition) is 5. The maximum Gasteiger partial charge on any atom is 0.166 e. The average molecular weight is 538 g/mol.